The minimum absolute atomic E-state index is 0.100. The third-order valence-electron chi connectivity index (χ3n) is 2.23. The fraction of sp³-hybridized carbons (Fsp3) is 1.00. The van der Waals surface area contributed by atoms with Crippen molar-refractivity contribution in [3.8, 4) is 0 Å². The van der Waals surface area contributed by atoms with Gasteiger partial charge in [-0.1, -0.05) is 13.8 Å². The van der Waals surface area contributed by atoms with E-state index in [1.165, 1.54) is 0 Å². The second kappa shape index (κ2) is 7.17. The molecule has 0 aliphatic heterocycles. The topological polar surface area (TPSA) is 58.7 Å². The predicted octanol–water partition coefficient (Wildman–Crippen LogP) is -0.0880. The molecule has 0 unspecified atom stereocenters. The third kappa shape index (κ3) is 6.32. The van der Waals surface area contributed by atoms with Crippen LogP contribution < -0.4 is 5.73 Å². The largest absolute Gasteiger partial charge is 0.395 e. The molecular weight excluding hydrogens is 180 g/mol. The molecule has 0 saturated carbocycles. The number of rotatable bonds is 8. The average Bonchev–Trinajstić information content (AvgIpc) is 2.14. The van der Waals surface area contributed by atoms with Crippen molar-refractivity contribution in [2.24, 2.45) is 11.1 Å². The number of hydrogen-bond donors (Lipinski definition) is 2. The van der Waals surface area contributed by atoms with Crippen LogP contribution in [0.15, 0.2) is 0 Å². The molecule has 86 valence electrons. The number of aliphatic hydroxyl groups is 1. The molecule has 4 heteroatoms. The SMILES string of the molecule is COCCN(CCO)CC(C)(C)CN. The van der Waals surface area contributed by atoms with E-state index in [-0.39, 0.29) is 12.0 Å². The summed E-state index contributed by atoms with van der Waals surface area (Å²) in [6.45, 7) is 8.22. The Morgan fingerprint density at radius 3 is 2.43 bits per heavy atom. The Hall–Kier alpha value is -0.160. The number of aliphatic hydroxyl groups excluding tert-OH is 1. The van der Waals surface area contributed by atoms with Crippen LogP contribution in [0.3, 0.4) is 0 Å². The van der Waals surface area contributed by atoms with Gasteiger partial charge in [-0.05, 0) is 12.0 Å². The van der Waals surface area contributed by atoms with E-state index >= 15 is 0 Å². The van der Waals surface area contributed by atoms with Crippen molar-refractivity contribution in [3.63, 3.8) is 0 Å². The summed E-state index contributed by atoms with van der Waals surface area (Å²) < 4.78 is 5.01. The summed E-state index contributed by atoms with van der Waals surface area (Å²) in [5.74, 6) is 0. The fourth-order valence-corrected chi connectivity index (χ4v) is 1.30. The van der Waals surface area contributed by atoms with Gasteiger partial charge in [0.1, 0.15) is 0 Å². The molecule has 0 aliphatic rings. The van der Waals surface area contributed by atoms with Gasteiger partial charge in [-0.15, -0.1) is 0 Å². The maximum absolute atomic E-state index is 8.89. The fourth-order valence-electron chi connectivity index (χ4n) is 1.30. The van der Waals surface area contributed by atoms with Gasteiger partial charge in [0.25, 0.3) is 0 Å². The van der Waals surface area contributed by atoms with Gasteiger partial charge < -0.3 is 15.6 Å². The Morgan fingerprint density at radius 1 is 1.36 bits per heavy atom. The van der Waals surface area contributed by atoms with Crippen LogP contribution in [-0.4, -0.2) is 56.5 Å². The Kier molecular flexibility index (Phi) is 7.09. The first-order valence-electron chi connectivity index (χ1n) is 5.08. The van der Waals surface area contributed by atoms with Gasteiger partial charge >= 0.3 is 0 Å². The van der Waals surface area contributed by atoms with Crippen LogP contribution in [0, 0.1) is 5.41 Å². The third-order valence-corrected chi connectivity index (χ3v) is 2.23. The molecule has 0 amide bonds. The van der Waals surface area contributed by atoms with E-state index in [4.69, 9.17) is 15.6 Å². The number of ether oxygens (including phenoxy) is 1. The predicted molar refractivity (Wildman–Crippen MR) is 58.2 cm³/mol. The molecule has 0 atom stereocenters. The highest BCUT2D eigenvalue weighted by Gasteiger charge is 2.19. The first-order chi connectivity index (χ1) is 6.55. The molecule has 0 aromatic heterocycles. The molecular formula is C10H24N2O2. The van der Waals surface area contributed by atoms with E-state index in [1.807, 2.05) is 0 Å². The van der Waals surface area contributed by atoms with E-state index in [2.05, 4.69) is 18.7 Å². The summed E-state index contributed by atoms with van der Waals surface area (Å²) >= 11 is 0. The van der Waals surface area contributed by atoms with E-state index in [0.29, 0.717) is 19.7 Å². The molecule has 0 aromatic rings. The van der Waals surface area contributed by atoms with Crippen molar-refractivity contribution in [2.45, 2.75) is 13.8 Å². The summed E-state index contributed by atoms with van der Waals surface area (Å²) in [6.07, 6.45) is 0. The van der Waals surface area contributed by atoms with Gasteiger partial charge in [-0.3, -0.25) is 4.90 Å². The lowest BCUT2D eigenvalue weighted by molar-refractivity contribution is 0.104. The van der Waals surface area contributed by atoms with Crippen LogP contribution in [0.4, 0.5) is 0 Å². The Bertz CT molecular complexity index is 140. The number of nitrogens with two attached hydrogens (primary N) is 1. The lowest BCUT2D eigenvalue weighted by Crippen LogP contribution is -2.41. The van der Waals surface area contributed by atoms with Crippen molar-refractivity contribution >= 4 is 0 Å². The zero-order chi connectivity index (χ0) is 11.0. The van der Waals surface area contributed by atoms with Crippen LogP contribution in [-0.2, 0) is 4.74 Å². The number of hydrogen-bond acceptors (Lipinski definition) is 4. The van der Waals surface area contributed by atoms with Crippen LogP contribution >= 0.6 is 0 Å². The molecule has 4 nitrogen and oxygen atoms in total. The molecule has 0 bridgehead atoms. The Morgan fingerprint density at radius 2 is 2.00 bits per heavy atom. The molecule has 0 aliphatic carbocycles. The number of methoxy groups -OCH3 is 1. The molecule has 0 saturated heterocycles. The van der Waals surface area contributed by atoms with Crippen molar-refractivity contribution in [2.75, 3.05) is 46.5 Å². The quantitative estimate of drug-likeness (QED) is 0.580. The van der Waals surface area contributed by atoms with Gasteiger partial charge in [0, 0.05) is 26.7 Å². The second-order valence-electron chi connectivity index (χ2n) is 4.36. The standard InChI is InChI=1S/C10H24N2O2/c1-10(2,8-11)9-12(4-6-13)5-7-14-3/h13H,4-9,11H2,1-3H3. The molecule has 0 heterocycles. The lowest BCUT2D eigenvalue weighted by atomic mass is 9.93. The molecule has 0 spiro atoms. The molecule has 3 N–H and O–H groups in total. The molecule has 14 heavy (non-hydrogen) atoms. The van der Waals surface area contributed by atoms with Crippen LogP contribution in [0.1, 0.15) is 13.8 Å². The first-order valence-corrected chi connectivity index (χ1v) is 5.08. The molecule has 0 radical (unpaired) electrons. The summed E-state index contributed by atoms with van der Waals surface area (Å²) in [7, 11) is 1.69. The van der Waals surface area contributed by atoms with Crippen molar-refractivity contribution in [1.29, 1.82) is 0 Å². The summed E-state index contributed by atoms with van der Waals surface area (Å²) in [6, 6.07) is 0. The van der Waals surface area contributed by atoms with E-state index in [1.54, 1.807) is 7.11 Å². The van der Waals surface area contributed by atoms with Crippen LogP contribution in [0.5, 0.6) is 0 Å². The summed E-state index contributed by atoms with van der Waals surface area (Å²) in [5, 5.41) is 8.89. The molecule has 0 rings (SSSR count). The average molecular weight is 204 g/mol. The highest BCUT2D eigenvalue weighted by atomic mass is 16.5. The van der Waals surface area contributed by atoms with E-state index < -0.39 is 0 Å². The van der Waals surface area contributed by atoms with Crippen LogP contribution in [0.2, 0.25) is 0 Å². The maximum atomic E-state index is 8.89. The normalized spacial score (nSPS) is 12.4. The van der Waals surface area contributed by atoms with Gasteiger partial charge in [0.2, 0.25) is 0 Å². The van der Waals surface area contributed by atoms with Gasteiger partial charge in [-0.2, -0.15) is 0 Å². The monoisotopic (exact) mass is 204 g/mol. The molecule has 0 aromatic carbocycles. The Labute approximate surface area is 87.0 Å². The zero-order valence-electron chi connectivity index (χ0n) is 9.62. The highest BCUT2D eigenvalue weighted by Crippen LogP contribution is 2.14. The zero-order valence-corrected chi connectivity index (χ0v) is 9.62. The second-order valence-corrected chi connectivity index (χ2v) is 4.36. The summed E-state index contributed by atoms with van der Waals surface area (Å²) in [5.41, 5.74) is 5.76. The Balaban J connectivity index is 3.94. The smallest absolute Gasteiger partial charge is 0.0589 e. The number of nitrogens with zero attached hydrogens (tertiary/aromatic N) is 1. The van der Waals surface area contributed by atoms with Crippen LogP contribution in [0.25, 0.3) is 0 Å². The summed E-state index contributed by atoms with van der Waals surface area (Å²) in [4.78, 5) is 2.18. The van der Waals surface area contributed by atoms with Crippen molar-refractivity contribution in [3.05, 3.63) is 0 Å². The van der Waals surface area contributed by atoms with Crippen molar-refractivity contribution < 1.29 is 9.84 Å². The van der Waals surface area contributed by atoms with E-state index in [9.17, 15) is 0 Å². The molecule has 0 fully saturated rings. The van der Waals surface area contributed by atoms with Gasteiger partial charge in [-0.25, -0.2) is 0 Å². The minimum atomic E-state index is 0.100. The lowest BCUT2D eigenvalue weighted by Gasteiger charge is -2.31. The maximum Gasteiger partial charge on any atom is 0.0589 e. The van der Waals surface area contributed by atoms with Gasteiger partial charge in [0.15, 0.2) is 0 Å². The van der Waals surface area contributed by atoms with Gasteiger partial charge in [0.05, 0.1) is 13.2 Å². The minimum Gasteiger partial charge on any atom is -0.395 e. The highest BCUT2D eigenvalue weighted by molar-refractivity contribution is 4.74. The van der Waals surface area contributed by atoms with E-state index in [0.717, 1.165) is 13.1 Å². The first kappa shape index (κ1) is 13.8. The van der Waals surface area contributed by atoms with Crippen molar-refractivity contribution in [1.82, 2.24) is 4.90 Å².